The van der Waals surface area contributed by atoms with Crippen LogP contribution in [0.5, 0.6) is 0 Å². The summed E-state index contributed by atoms with van der Waals surface area (Å²) in [6.07, 6.45) is 2.19. The fourth-order valence-corrected chi connectivity index (χ4v) is 3.74. The normalized spacial score (nSPS) is 18.3. The number of hydrogen-bond donors (Lipinski definition) is 1. The number of aryl methyl sites for hydroxylation is 2. The largest absolute Gasteiger partial charge is 0.448 e. The number of rotatable bonds is 3. The highest BCUT2D eigenvalue weighted by atomic mass is 32.1. The van der Waals surface area contributed by atoms with Gasteiger partial charge in [0.2, 0.25) is 0 Å². The molecule has 1 aliphatic carbocycles. The number of carbonyl (C=O) groups is 3. The van der Waals surface area contributed by atoms with E-state index in [2.05, 4.69) is 5.32 Å². The Balaban J connectivity index is 1.63. The van der Waals surface area contributed by atoms with E-state index in [1.165, 1.54) is 28.7 Å². The van der Waals surface area contributed by atoms with E-state index in [1.54, 1.807) is 0 Å². The maximum Gasteiger partial charge on any atom is 0.349 e. The number of urea groups is 1. The molecule has 0 saturated carbocycles. The van der Waals surface area contributed by atoms with Gasteiger partial charge >= 0.3 is 12.0 Å². The van der Waals surface area contributed by atoms with Gasteiger partial charge in [-0.15, -0.1) is 11.3 Å². The van der Waals surface area contributed by atoms with Crippen LogP contribution in [0.2, 0.25) is 0 Å². The van der Waals surface area contributed by atoms with Crippen LogP contribution in [0, 0.1) is 0 Å². The third-order valence-electron chi connectivity index (χ3n) is 3.70. The minimum absolute atomic E-state index is 0.312. The number of thiophene rings is 1. The van der Waals surface area contributed by atoms with Gasteiger partial charge in [0, 0.05) is 18.0 Å². The molecule has 3 rings (SSSR count). The molecule has 2 heterocycles. The summed E-state index contributed by atoms with van der Waals surface area (Å²) in [5.41, 5.74) is 1.21. The number of nitrogens with one attached hydrogen (secondary N) is 1. The minimum atomic E-state index is -0.960. The van der Waals surface area contributed by atoms with Gasteiger partial charge < -0.3 is 10.1 Å². The summed E-state index contributed by atoms with van der Waals surface area (Å²) < 4.78 is 5.20. The van der Waals surface area contributed by atoms with E-state index in [0.29, 0.717) is 18.0 Å². The molecule has 7 heteroatoms. The predicted molar refractivity (Wildman–Crippen MR) is 76.3 cm³/mol. The van der Waals surface area contributed by atoms with E-state index in [-0.39, 0.29) is 0 Å². The van der Waals surface area contributed by atoms with Crippen LogP contribution in [0.25, 0.3) is 0 Å². The van der Waals surface area contributed by atoms with Crippen molar-refractivity contribution in [2.75, 3.05) is 13.1 Å². The number of hydrogen-bond acceptors (Lipinski definition) is 5. The zero-order chi connectivity index (χ0) is 15.0. The molecular formula is C14H16N2O4S. The number of fused-ring (bicyclic) bond motifs is 1. The number of carbonyl (C=O) groups excluding carboxylic acids is 3. The van der Waals surface area contributed by atoms with Gasteiger partial charge in [-0.25, -0.2) is 9.59 Å². The average Bonchev–Trinajstić information content (AvgIpc) is 3.12. The van der Waals surface area contributed by atoms with Crippen molar-refractivity contribution < 1.29 is 19.1 Å². The predicted octanol–water partition coefficient (Wildman–Crippen LogP) is 1.33. The van der Waals surface area contributed by atoms with Crippen LogP contribution in [-0.2, 0) is 22.4 Å². The Hall–Kier alpha value is -1.89. The molecule has 1 saturated heterocycles. The lowest BCUT2D eigenvalue weighted by Crippen LogP contribution is -2.41. The molecule has 0 bridgehead atoms. The van der Waals surface area contributed by atoms with Crippen LogP contribution in [0.4, 0.5) is 4.79 Å². The second kappa shape index (κ2) is 5.48. The highest BCUT2D eigenvalue weighted by Gasteiger charge is 2.32. The average molecular weight is 308 g/mol. The van der Waals surface area contributed by atoms with Crippen LogP contribution >= 0.6 is 11.3 Å². The van der Waals surface area contributed by atoms with Crippen LogP contribution in [-0.4, -0.2) is 42.0 Å². The molecule has 0 aromatic carbocycles. The zero-order valence-corrected chi connectivity index (χ0v) is 12.5. The summed E-state index contributed by atoms with van der Waals surface area (Å²) >= 11 is 1.44. The zero-order valence-electron chi connectivity index (χ0n) is 11.7. The first-order valence-corrected chi connectivity index (χ1v) is 7.79. The van der Waals surface area contributed by atoms with E-state index in [4.69, 9.17) is 4.74 Å². The van der Waals surface area contributed by atoms with Gasteiger partial charge in [0.25, 0.3) is 5.91 Å². The van der Waals surface area contributed by atoms with Crippen LogP contribution < -0.4 is 5.32 Å². The molecular weight excluding hydrogens is 292 g/mol. The molecule has 2 aliphatic rings. The maximum absolute atomic E-state index is 12.1. The molecule has 0 unspecified atom stereocenters. The Morgan fingerprint density at radius 1 is 1.43 bits per heavy atom. The molecule has 1 fully saturated rings. The number of nitrogens with zero attached hydrogens (tertiary/aromatic N) is 1. The van der Waals surface area contributed by atoms with Gasteiger partial charge in [-0.3, -0.25) is 9.69 Å². The monoisotopic (exact) mass is 308 g/mol. The number of ether oxygens (including phenoxy) is 1. The maximum atomic E-state index is 12.1. The standard InChI is InChI=1S/C14H16N2O4S/c1-8(12(17)16-6-5-15-14(16)19)20-13(18)11-7-9-3-2-4-10(9)21-11/h7-8H,2-6H2,1H3,(H,15,19)/t8-/m0/s1. The molecule has 6 nitrogen and oxygen atoms in total. The van der Waals surface area contributed by atoms with Gasteiger partial charge in [-0.2, -0.15) is 0 Å². The second-order valence-corrected chi connectivity index (χ2v) is 6.32. The lowest BCUT2D eigenvalue weighted by molar-refractivity contribution is -0.135. The van der Waals surface area contributed by atoms with Gasteiger partial charge in [-0.1, -0.05) is 0 Å². The van der Waals surface area contributed by atoms with Crippen molar-refractivity contribution in [2.45, 2.75) is 32.3 Å². The molecule has 112 valence electrons. The lowest BCUT2D eigenvalue weighted by Gasteiger charge is -2.17. The number of esters is 1. The Morgan fingerprint density at radius 2 is 2.24 bits per heavy atom. The molecule has 0 spiro atoms. The van der Waals surface area contributed by atoms with Gasteiger partial charge in [0.15, 0.2) is 6.10 Å². The second-order valence-electron chi connectivity index (χ2n) is 5.18. The van der Waals surface area contributed by atoms with Gasteiger partial charge in [0.05, 0.1) is 0 Å². The van der Waals surface area contributed by atoms with Crippen molar-refractivity contribution in [1.82, 2.24) is 10.2 Å². The van der Waals surface area contributed by atoms with Gasteiger partial charge in [0.1, 0.15) is 4.88 Å². The Kier molecular flexibility index (Phi) is 3.67. The van der Waals surface area contributed by atoms with Crippen molar-refractivity contribution in [1.29, 1.82) is 0 Å². The fourth-order valence-electron chi connectivity index (χ4n) is 2.60. The van der Waals surface area contributed by atoms with E-state index in [9.17, 15) is 14.4 Å². The van der Waals surface area contributed by atoms with Crippen LogP contribution in [0.3, 0.4) is 0 Å². The SMILES string of the molecule is C[C@H](OC(=O)c1cc2c(s1)CCC2)C(=O)N1CCNC1=O. The molecule has 1 atom stereocenters. The van der Waals surface area contributed by atoms with Crippen LogP contribution in [0.1, 0.15) is 33.5 Å². The summed E-state index contributed by atoms with van der Waals surface area (Å²) in [6.45, 7) is 2.24. The summed E-state index contributed by atoms with van der Waals surface area (Å²) in [5.74, 6) is -0.975. The van der Waals surface area contributed by atoms with E-state index in [0.717, 1.165) is 24.2 Å². The summed E-state index contributed by atoms with van der Waals surface area (Å²) in [5, 5.41) is 2.54. The van der Waals surface area contributed by atoms with E-state index >= 15 is 0 Å². The topological polar surface area (TPSA) is 75.7 Å². The van der Waals surface area contributed by atoms with Crippen molar-refractivity contribution in [2.24, 2.45) is 0 Å². The molecule has 3 amide bonds. The summed E-state index contributed by atoms with van der Waals surface area (Å²) in [4.78, 5) is 38.4. The Labute approximate surface area is 126 Å². The Morgan fingerprint density at radius 3 is 2.90 bits per heavy atom. The quantitative estimate of drug-likeness (QED) is 0.855. The number of amides is 3. The fraction of sp³-hybridized carbons (Fsp3) is 0.500. The molecule has 1 aromatic rings. The van der Waals surface area contributed by atoms with Gasteiger partial charge in [-0.05, 0) is 37.8 Å². The Bertz CT molecular complexity index is 589. The highest BCUT2D eigenvalue weighted by molar-refractivity contribution is 7.14. The number of imide groups is 1. The van der Waals surface area contributed by atoms with Crippen molar-refractivity contribution in [3.8, 4) is 0 Å². The summed E-state index contributed by atoms with van der Waals surface area (Å²) in [6, 6.07) is 1.42. The third kappa shape index (κ3) is 2.65. The molecule has 21 heavy (non-hydrogen) atoms. The first-order valence-electron chi connectivity index (χ1n) is 6.98. The van der Waals surface area contributed by atoms with E-state index < -0.39 is 24.0 Å². The van der Waals surface area contributed by atoms with Crippen molar-refractivity contribution >= 4 is 29.2 Å². The van der Waals surface area contributed by atoms with Crippen molar-refractivity contribution in [3.63, 3.8) is 0 Å². The molecule has 1 N–H and O–H groups in total. The minimum Gasteiger partial charge on any atom is -0.448 e. The summed E-state index contributed by atoms with van der Waals surface area (Å²) in [7, 11) is 0. The highest BCUT2D eigenvalue weighted by Crippen LogP contribution is 2.31. The molecule has 0 radical (unpaired) electrons. The first-order chi connectivity index (χ1) is 10.1. The smallest absolute Gasteiger partial charge is 0.349 e. The first kappa shape index (κ1) is 14.1. The van der Waals surface area contributed by atoms with Crippen molar-refractivity contribution in [3.05, 3.63) is 21.4 Å². The third-order valence-corrected chi connectivity index (χ3v) is 4.92. The van der Waals surface area contributed by atoms with E-state index in [1.807, 2.05) is 6.07 Å². The molecule has 1 aromatic heterocycles. The lowest BCUT2D eigenvalue weighted by atomic mass is 10.2. The van der Waals surface area contributed by atoms with Crippen LogP contribution in [0.15, 0.2) is 6.07 Å². The molecule has 1 aliphatic heterocycles.